The Morgan fingerprint density at radius 2 is 0.758 bits per heavy atom. The van der Waals surface area contributed by atoms with E-state index in [-0.39, 0.29) is 0 Å². The van der Waals surface area contributed by atoms with E-state index in [1.165, 1.54) is 220 Å². The van der Waals surface area contributed by atoms with Crippen LogP contribution in [0.3, 0.4) is 0 Å². The molecule has 0 unspecified atom stereocenters. The second kappa shape index (κ2) is 78.5. The number of nitrogens with zero attached hydrogens (tertiary/aromatic N) is 7. The fraction of sp³-hybridized carbons (Fsp3) is 1.00. The van der Waals surface area contributed by atoms with Gasteiger partial charge in [0.15, 0.2) is 0 Å². The Bertz CT molecular complexity index is 1390. The number of hydrogen-bond acceptors (Lipinski definition) is 15. The van der Waals surface area contributed by atoms with E-state index in [2.05, 4.69) is 273 Å². The molecule has 6 fully saturated rings. The molecule has 0 aromatic heterocycles. The van der Waals surface area contributed by atoms with E-state index in [1.54, 1.807) is 0 Å². The summed E-state index contributed by atoms with van der Waals surface area (Å²) in [5.41, 5.74) is 5.27. The van der Waals surface area contributed by atoms with Crippen LogP contribution in [0.15, 0.2) is 0 Å². The SMILES string of the molecule is CC(C)CC1CCCCC1.CC(C)CN1CCNCC1.CC(C)N(C)C1CCCCC1.CC(C)N1CCCC1.CC(C)N1CCCCC1.CC(C)N1CCN(C)CC1.CC(C)NCCCN.CC(C)NCCCN(C)C.CCCCNC(C)C.CNC(C)C.CNC(C)C.CNC(C)C. The first-order valence-corrected chi connectivity index (χ1v) is 42.2. The number of likely N-dealkylation sites (tertiary alicyclic amines) is 2. The number of likely N-dealkylation sites (N-methyl/N-ethyl adjacent to an activating group) is 1. The van der Waals surface area contributed by atoms with Gasteiger partial charge in [-0.25, -0.2) is 0 Å². The molecule has 0 aromatic rings. The standard InChI is InChI=1S/C10H21N.C10H20.2C8H18N2.C8H20N2.C8H17N.C7H15N.C7H17N.C6H16N2.3C4H11N/c1-9(2)11(3)10-7-5-4-6-8-10;1-9(2)8-10-6-4-3-5-7-10;1-8(2)10-6-4-9(3)5-7-10;1-8(2)7-10-5-3-9-4-6-10;1-8(2)9-6-5-7-10(3)4;1-8(2)9-6-4-3-5-7-9;1-7(2)8-5-3-4-6-8;1-4-5-6-8-7(2)3;1-6(2)8-5-3-4-7;3*1-4(2)5-3/h9-10H,4-8H2,1-3H3;9-10H,3-8H2,1-2H3;8H,4-7H2,1-3H3;8-9H,3-7H2,1-2H3;8-9H,5-7H2,1-4H3;8H,3-7H2,1-2H3;7H,3-6H2,1-2H3;7-8H,4-6H2,1-3H3;6,8H,3-5,7H2,1-2H3;3*4-5H,1-3H3. The minimum Gasteiger partial charge on any atom is -0.330 e. The van der Waals surface area contributed by atoms with Crippen LogP contribution in [0.25, 0.3) is 0 Å². The molecule has 99 heavy (non-hydrogen) atoms. The van der Waals surface area contributed by atoms with E-state index < -0.39 is 0 Å². The van der Waals surface area contributed by atoms with Crippen molar-refractivity contribution in [2.24, 2.45) is 23.5 Å². The van der Waals surface area contributed by atoms with Crippen LogP contribution in [0.5, 0.6) is 0 Å². The molecule has 6 aliphatic rings. The Hall–Kier alpha value is -0.600. The Labute approximate surface area is 627 Å². The third-order valence-corrected chi connectivity index (χ3v) is 18.7. The van der Waals surface area contributed by atoms with Gasteiger partial charge in [-0.3, -0.25) is 4.90 Å². The number of piperidine rings is 1. The summed E-state index contributed by atoms with van der Waals surface area (Å²) in [5.74, 6) is 2.81. The average Bonchev–Trinajstić information content (AvgIpc) is 1.61. The molecule has 6 rings (SSSR count). The fourth-order valence-electron chi connectivity index (χ4n) is 11.3. The normalized spacial score (nSPS) is 17.5. The van der Waals surface area contributed by atoms with Gasteiger partial charge in [-0.2, -0.15) is 0 Å². The Morgan fingerprint density at radius 1 is 0.414 bits per heavy atom. The summed E-state index contributed by atoms with van der Waals surface area (Å²) < 4.78 is 0. The van der Waals surface area contributed by atoms with E-state index in [0.29, 0.717) is 36.3 Å². The zero-order chi connectivity index (χ0) is 76.9. The summed E-state index contributed by atoms with van der Waals surface area (Å²) in [6.07, 6.45) is 28.2. The van der Waals surface area contributed by atoms with Crippen LogP contribution in [0.4, 0.5) is 0 Å². The zero-order valence-electron chi connectivity index (χ0n) is 74.2. The molecule has 0 atom stereocenters. The van der Waals surface area contributed by atoms with Gasteiger partial charge in [0.1, 0.15) is 0 Å². The third-order valence-electron chi connectivity index (χ3n) is 18.7. The van der Waals surface area contributed by atoms with Gasteiger partial charge in [-0.1, -0.05) is 182 Å². The summed E-state index contributed by atoms with van der Waals surface area (Å²) in [6.45, 7) is 77.0. The van der Waals surface area contributed by atoms with Gasteiger partial charge >= 0.3 is 0 Å². The van der Waals surface area contributed by atoms with Crippen LogP contribution < -0.4 is 43.0 Å². The average molecular weight is 1420 g/mol. The smallest absolute Gasteiger partial charge is 0.0112 e. The predicted molar refractivity (Wildman–Crippen MR) is 454 cm³/mol. The van der Waals surface area contributed by atoms with Crippen molar-refractivity contribution in [3.8, 4) is 0 Å². The molecule has 0 spiro atoms. The molecule has 4 saturated heterocycles. The second-order valence-corrected chi connectivity index (χ2v) is 33.4. The van der Waals surface area contributed by atoms with Crippen LogP contribution >= 0.6 is 0 Å². The second-order valence-electron chi connectivity index (χ2n) is 33.4. The van der Waals surface area contributed by atoms with Gasteiger partial charge in [-0.05, 0) is 246 Å². The summed E-state index contributed by atoms with van der Waals surface area (Å²) in [7, 11) is 14.5. The Morgan fingerprint density at radius 3 is 1.06 bits per heavy atom. The number of piperazine rings is 2. The number of nitrogens with two attached hydrogens (primary N) is 1. The fourth-order valence-corrected chi connectivity index (χ4v) is 11.3. The van der Waals surface area contributed by atoms with E-state index in [1.807, 2.05) is 21.1 Å². The van der Waals surface area contributed by atoms with E-state index in [9.17, 15) is 0 Å². The largest absolute Gasteiger partial charge is 0.330 e. The van der Waals surface area contributed by atoms with E-state index >= 15 is 0 Å². The molecule has 0 aromatic carbocycles. The molecule has 4 heterocycles. The lowest BCUT2D eigenvalue weighted by atomic mass is 9.84. The van der Waals surface area contributed by atoms with Crippen LogP contribution in [-0.4, -0.2) is 268 Å². The van der Waals surface area contributed by atoms with E-state index in [4.69, 9.17) is 5.73 Å². The minimum atomic E-state index is 0.599. The highest BCUT2D eigenvalue weighted by Gasteiger charge is 2.20. The summed E-state index contributed by atoms with van der Waals surface area (Å²) in [4.78, 5) is 17.3. The lowest BCUT2D eigenvalue weighted by Gasteiger charge is -2.34. The zero-order valence-corrected chi connectivity index (χ0v) is 74.2. The van der Waals surface area contributed by atoms with Gasteiger partial charge in [0, 0.05) is 125 Å². The molecule has 15 nitrogen and oxygen atoms in total. The highest BCUT2D eigenvalue weighted by Crippen LogP contribution is 2.28. The molecule has 0 amide bonds. The van der Waals surface area contributed by atoms with Crippen molar-refractivity contribution in [1.82, 2.24) is 71.5 Å². The Balaban J connectivity index is -0.000000240. The van der Waals surface area contributed by atoms with Crippen molar-refractivity contribution in [3.63, 3.8) is 0 Å². The van der Waals surface area contributed by atoms with Gasteiger partial charge in [0.05, 0.1) is 0 Å². The van der Waals surface area contributed by atoms with Crippen LogP contribution in [0.1, 0.15) is 302 Å². The van der Waals surface area contributed by atoms with Crippen LogP contribution in [-0.2, 0) is 0 Å². The molecular formula is C84H195N15. The molecule has 0 bridgehead atoms. The number of nitrogens with one attached hydrogen (secondary N) is 7. The topological polar surface area (TPSA) is 133 Å². The van der Waals surface area contributed by atoms with Gasteiger partial charge in [-0.15, -0.1) is 0 Å². The van der Waals surface area contributed by atoms with E-state index in [0.717, 1.165) is 74.0 Å². The van der Waals surface area contributed by atoms with Crippen molar-refractivity contribution in [1.29, 1.82) is 0 Å². The molecule has 4 aliphatic heterocycles. The minimum absolute atomic E-state index is 0.599. The van der Waals surface area contributed by atoms with Crippen molar-refractivity contribution < 1.29 is 0 Å². The predicted octanol–water partition coefficient (Wildman–Crippen LogP) is 15.7. The maximum atomic E-state index is 5.27. The van der Waals surface area contributed by atoms with Crippen molar-refractivity contribution in [3.05, 3.63) is 0 Å². The molecule has 9 N–H and O–H groups in total. The summed E-state index contributed by atoms with van der Waals surface area (Å²) in [5, 5.41) is 22.4. The number of hydrogen-bond donors (Lipinski definition) is 8. The maximum absolute atomic E-state index is 5.27. The van der Waals surface area contributed by atoms with Crippen molar-refractivity contribution in [2.45, 2.75) is 368 Å². The molecular weight excluding hydrogens is 1220 g/mol. The first kappa shape index (κ1) is 109. The highest BCUT2D eigenvalue weighted by molar-refractivity contribution is 4.76. The third kappa shape index (κ3) is 89.7. The summed E-state index contributed by atoms with van der Waals surface area (Å²) >= 11 is 0. The lowest BCUT2D eigenvalue weighted by molar-refractivity contribution is 0.126. The molecule has 2 saturated carbocycles. The monoisotopic (exact) mass is 1410 g/mol. The maximum Gasteiger partial charge on any atom is 0.0112 e. The highest BCUT2D eigenvalue weighted by atomic mass is 15.3. The lowest BCUT2D eigenvalue weighted by Crippen LogP contribution is -2.47. The van der Waals surface area contributed by atoms with Crippen molar-refractivity contribution in [2.75, 3.05) is 167 Å². The van der Waals surface area contributed by atoms with Crippen LogP contribution in [0, 0.1) is 17.8 Å². The number of unbranched alkanes of at least 4 members (excludes halogenated alkanes) is 1. The first-order valence-electron chi connectivity index (χ1n) is 42.2. The Kier molecular flexibility index (Phi) is 86.7. The molecule has 606 valence electrons. The van der Waals surface area contributed by atoms with Crippen molar-refractivity contribution >= 4 is 0 Å². The number of rotatable bonds is 25. The van der Waals surface area contributed by atoms with Gasteiger partial charge in [0.2, 0.25) is 0 Å². The molecule has 2 aliphatic carbocycles. The quantitative estimate of drug-likeness (QED) is 0.0412. The molecule has 15 heteroatoms. The first-order chi connectivity index (χ1) is 46.6. The van der Waals surface area contributed by atoms with Crippen LogP contribution in [0.2, 0.25) is 0 Å². The molecule has 0 radical (unpaired) electrons. The van der Waals surface area contributed by atoms with Gasteiger partial charge < -0.3 is 72.4 Å². The van der Waals surface area contributed by atoms with Gasteiger partial charge in [0.25, 0.3) is 0 Å². The summed E-state index contributed by atoms with van der Waals surface area (Å²) in [6, 6.07) is 7.66.